The Hall–Kier alpha value is -3.03. The predicted molar refractivity (Wildman–Crippen MR) is 132 cm³/mol. The average Bonchev–Trinajstić information content (AvgIpc) is 2.79. The maximum atomic E-state index is 13.3. The summed E-state index contributed by atoms with van der Waals surface area (Å²) in [5.41, 5.74) is 3.21. The van der Waals surface area contributed by atoms with Crippen LogP contribution in [0.2, 0.25) is 5.02 Å². The van der Waals surface area contributed by atoms with Crippen LogP contribution in [-0.2, 0) is 14.8 Å². The summed E-state index contributed by atoms with van der Waals surface area (Å²) in [5.74, 6) is 0.308. The van der Waals surface area contributed by atoms with Gasteiger partial charge in [0.05, 0.1) is 17.1 Å². The van der Waals surface area contributed by atoms with Crippen LogP contribution in [0.25, 0.3) is 0 Å². The summed E-state index contributed by atoms with van der Waals surface area (Å²) in [6.07, 6.45) is 0. The molecule has 0 heterocycles. The van der Waals surface area contributed by atoms with Gasteiger partial charge in [0.25, 0.3) is 10.0 Å². The molecule has 0 saturated heterocycles. The van der Waals surface area contributed by atoms with E-state index in [1.165, 1.54) is 12.1 Å². The standard InChI is InChI=1S/C25H27ClN2O4S/c1-18-9-10-20(3)24(15-18)32-14-13-27-25(29)17-28(21-12-11-19(2)23(26)16-21)33(30,31)22-7-5-4-6-8-22/h4-12,15-16H,13-14,17H2,1-3H3,(H,27,29). The van der Waals surface area contributed by atoms with E-state index in [4.69, 9.17) is 16.3 Å². The van der Waals surface area contributed by atoms with Gasteiger partial charge in [-0.15, -0.1) is 0 Å². The van der Waals surface area contributed by atoms with Crippen LogP contribution >= 0.6 is 11.6 Å². The minimum absolute atomic E-state index is 0.0905. The van der Waals surface area contributed by atoms with Gasteiger partial charge in [-0.05, 0) is 67.8 Å². The molecule has 8 heteroatoms. The first kappa shape index (κ1) is 24.6. The fourth-order valence-electron chi connectivity index (χ4n) is 3.17. The Morgan fingerprint density at radius 1 is 0.970 bits per heavy atom. The quantitative estimate of drug-likeness (QED) is 0.446. The number of hydrogen-bond acceptors (Lipinski definition) is 4. The number of amides is 1. The fourth-order valence-corrected chi connectivity index (χ4v) is 4.78. The molecule has 0 bridgehead atoms. The van der Waals surface area contributed by atoms with Crippen LogP contribution in [0.4, 0.5) is 5.69 Å². The Bertz CT molecular complexity index is 1230. The molecule has 0 spiro atoms. The lowest BCUT2D eigenvalue weighted by atomic mass is 10.1. The predicted octanol–water partition coefficient (Wildman–Crippen LogP) is 4.66. The largest absolute Gasteiger partial charge is 0.491 e. The number of ether oxygens (including phenoxy) is 1. The van der Waals surface area contributed by atoms with Gasteiger partial charge in [0.15, 0.2) is 0 Å². The molecular formula is C25H27ClN2O4S. The monoisotopic (exact) mass is 486 g/mol. The number of aryl methyl sites for hydroxylation is 3. The number of halogens is 1. The third-order valence-electron chi connectivity index (χ3n) is 5.09. The van der Waals surface area contributed by atoms with Gasteiger partial charge in [-0.25, -0.2) is 8.42 Å². The molecule has 6 nitrogen and oxygen atoms in total. The minimum Gasteiger partial charge on any atom is -0.491 e. The number of rotatable bonds is 9. The van der Waals surface area contributed by atoms with Crippen molar-refractivity contribution in [3.8, 4) is 5.75 Å². The highest BCUT2D eigenvalue weighted by molar-refractivity contribution is 7.92. The first-order valence-electron chi connectivity index (χ1n) is 10.5. The molecule has 1 amide bonds. The summed E-state index contributed by atoms with van der Waals surface area (Å²) < 4.78 is 33.5. The number of nitrogens with one attached hydrogen (secondary N) is 1. The molecule has 174 valence electrons. The smallest absolute Gasteiger partial charge is 0.264 e. The Balaban J connectivity index is 1.72. The van der Waals surface area contributed by atoms with Gasteiger partial charge in [0, 0.05) is 5.02 Å². The van der Waals surface area contributed by atoms with E-state index < -0.39 is 15.9 Å². The van der Waals surface area contributed by atoms with Crippen molar-refractivity contribution in [2.75, 3.05) is 24.0 Å². The molecule has 0 aromatic heterocycles. The number of carbonyl (C=O) groups excluding carboxylic acids is 1. The molecule has 3 rings (SSSR count). The number of carbonyl (C=O) groups is 1. The molecule has 0 aliphatic heterocycles. The number of anilines is 1. The van der Waals surface area contributed by atoms with E-state index in [2.05, 4.69) is 5.32 Å². The van der Waals surface area contributed by atoms with Crippen molar-refractivity contribution in [1.29, 1.82) is 0 Å². The van der Waals surface area contributed by atoms with Gasteiger partial charge in [-0.2, -0.15) is 0 Å². The van der Waals surface area contributed by atoms with E-state index in [0.717, 1.165) is 26.7 Å². The van der Waals surface area contributed by atoms with Crippen LogP contribution in [-0.4, -0.2) is 34.0 Å². The second kappa shape index (κ2) is 10.7. The highest BCUT2D eigenvalue weighted by Crippen LogP contribution is 2.28. The van der Waals surface area contributed by atoms with E-state index in [-0.39, 0.29) is 24.6 Å². The van der Waals surface area contributed by atoms with Crippen LogP contribution < -0.4 is 14.4 Å². The highest BCUT2D eigenvalue weighted by Gasteiger charge is 2.27. The third kappa shape index (κ3) is 6.27. The molecule has 1 N–H and O–H groups in total. The van der Waals surface area contributed by atoms with Crippen LogP contribution in [0.5, 0.6) is 5.75 Å². The Labute approximate surface area is 200 Å². The summed E-state index contributed by atoms with van der Waals surface area (Å²) in [6.45, 7) is 5.86. The van der Waals surface area contributed by atoms with Gasteiger partial charge < -0.3 is 10.1 Å². The van der Waals surface area contributed by atoms with E-state index in [1.807, 2.05) is 39.0 Å². The lowest BCUT2D eigenvalue weighted by Gasteiger charge is -2.24. The SMILES string of the molecule is Cc1ccc(C)c(OCCNC(=O)CN(c2ccc(C)c(Cl)c2)S(=O)(=O)c2ccccc2)c1. The lowest BCUT2D eigenvalue weighted by Crippen LogP contribution is -2.42. The molecular weight excluding hydrogens is 460 g/mol. The number of benzene rings is 3. The number of hydrogen-bond donors (Lipinski definition) is 1. The van der Waals surface area contributed by atoms with Crippen molar-refractivity contribution >= 4 is 33.2 Å². The summed E-state index contributed by atoms with van der Waals surface area (Å²) in [4.78, 5) is 12.8. The average molecular weight is 487 g/mol. The van der Waals surface area contributed by atoms with Gasteiger partial charge in [0.1, 0.15) is 18.9 Å². The first-order chi connectivity index (χ1) is 15.7. The van der Waals surface area contributed by atoms with E-state index >= 15 is 0 Å². The second-order valence-corrected chi connectivity index (χ2v) is 10.00. The van der Waals surface area contributed by atoms with Crippen LogP contribution in [0.1, 0.15) is 16.7 Å². The summed E-state index contributed by atoms with van der Waals surface area (Å²) >= 11 is 6.24. The van der Waals surface area contributed by atoms with Crippen molar-refractivity contribution in [3.63, 3.8) is 0 Å². The Morgan fingerprint density at radius 3 is 2.36 bits per heavy atom. The molecule has 3 aromatic rings. The molecule has 0 fully saturated rings. The molecule has 0 unspecified atom stereocenters. The van der Waals surface area contributed by atoms with Gasteiger partial charge in [-0.3, -0.25) is 9.10 Å². The van der Waals surface area contributed by atoms with E-state index in [1.54, 1.807) is 36.4 Å². The van der Waals surface area contributed by atoms with Crippen LogP contribution in [0.3, 0.4) is 0 Å². The molecule has 0 atom stereocenters. The molecule has 0 aliphatic carbocycles. The third-order valence-corrected chi connectivity index (χ3v) is 7.28. The minimum atomic E-state index is -3.98. The van der Waals surface area contributed by atoms with E-state index in [9.17, 15) is 13.2 Å². The van der Waals surface area contributed by atoms with Crippen molar-refractivity contribution in [2.24, 2.45) is 0 Å². The number of nitrogens with zero attached hydrogens (tertiary/aromatic N) is 1. The van der Waals surface area contributed by atoms with Crippen molar-refractivity contribution in [1.82, 2.24) is 5.32 Å². The number of sulfonamides is 1. The Morgan fingerprint density at radius 2 is 1.67 bits per heavy atom. The second-order valence-electron chi connectivity index (χ2n) is 7.73. The maximum Gasteiger partial charge on any atom is 0.264 e. The normalized spacial score (nSPS) is 11.2. The first-order valence-corrected chi connectivity index (χ1v) is 12.3. The zero-order valence-corrected chi connectivity index (χ0v) is 20.4. The van der Waals surface area contributed by atoms with Gasteiger partial charge in [-0.1, -0.05) is 48.0 Å². The highest BCUT2D eigenvalue weighted by atomic mass is 35.5. The van der Waals surface area contributed by atoms with Gasteiger partial charge >= 0.3 is 0 Å². The maximum absolute atomic E-state index is 13.3. The summed E-state index contributed by atoms with van der Waals surface area (Å²) in [6, 6.07) is 18.8. The van der Waals surface area contributed by atoms with Crippen LogP contribution in [0.15, 0.2) is 71.6 Å². The lowest BCUT2D eigenvalue weighted by molar-refractivity contribution is -0.119. The molecule has 33 heavy (non-hydrogen) atoms. The molecule has 3 aromatic carbocycles. The van der Waals surface area contributed by atoms with Crippen molar-refractivity contribution in [3.05, 3.63) is 88.4 Å². The van der Waals surface area contributed by atoms with E-state index in [0.29, 0.717) is 10.7 Å². The molecule has 0 aliphatic rings. The Kier molecular flexibility index (Phi) is 8.00. The van der Waals surface area contributed by atoms with Crippen molar-refractivity contribution < 1.29 is 17.9 Å². The zero-order valence-electron chi connectivity index (χ0n) is 18.8. The topological polar surface area (TPSA) is 75.7 Å². The van der Waals surface area contributed by atoms with Gasteiger partial charge in [0.2, 0.25) is 5.91 Å². The molecule has 0 radical (unpaired) electrons. The summed E-state index contributed by atoms with van der Waals surface area (Å²) in [7, 11) is -3.98. The summed E-state index contributed by atoms with van der Waals surface area (Å²) in [5, 5.41) is 3.15. The van der Waals surface area contributed by atoms with Crippen LogP contribution in [0, 0.1) is 20.8 Å². The van der Waals surface area contributed by atoms with Crippen molar-refractivity contribution in [2.45, 2.75) is 25.7 Å². The zero-order chi connectivity index (χ0) is 24.0. The molecule has 0 saturated carbocycles. The fraction of sp³-hybridized carbons (Fsp3) is 0.240.